The van der Waals surface area contributed by atoms with E-state index in [0.717, 1.165) is 11.2 Å². The Morgan fingerprint density at radius 2 is 2.18 bits per heavy atom. The third kappa shape index (κ3) is 1.34. The lowest BCUT2D eigenvalue weighted by Gasteiger charge is -2.05. The largest absolute Gasteiger partial charge is 0.505 e. The van der Waals surface area contributed by atoms with Crippen molar-refractivity contribution in [3.8, 4) is 5.75 Å². The number of fused-ring (bicyclic) bond motifs is 3. The second kappa shape index (κ2) is 3.39. The van der Waals surface area contributed by atoms with E-state index in [-0.39, 0.29) is 12.3 Å². The Hall–Kier alpha value is -2.21. The first-order chi connectivity index (χ1) is 8.20. The molecule has 3 rings (SSSR count). The lowest BCUT2D eigenvalue weighted by Crippen LogP contribution is -2.01. The summed E-state index contributed by atoms with van der Waals surface area (Å²) in [5.74, 6) is 0.0764. The van der Waals surface area contributed by atoms with Crippen molar-refractivity contribution < 1.29 is 5.11 Å². The minimum Gasteiger partial charge on any atom is -0.505 e. The highest BCUT2D eigenvalue weighted by atomic mass is 16.3. The van der Waals surface area contributed by atoms with Crippen molar-refractivity contribution >= 4 is 16.7 Å². The molecule has 0 fully saturated rings. The normalized spacial score (nSPS) is 11.4. The van der Waals surface area contributed by atoms with Gasteiger partial charge in [-0.15, -0.1) is 10.2 Å². The van der Waals surface area contributed by atoms with E-state index in [2.05, 4.69) is 15.3 Å². The molecule has 0 saturated heterocycles. The maximum Gasteiger partial charge on any atom is 0.178 e. The van der Waals surface area contributed by atoms with Crippen molar-refractivity contribution in [2.45, 2.75) is 13.5 Å². The number of rotatable bonds is 1. The number of nitrogens with two attached hydrogens (primary N) is 1. The van der Waals surface area contributed by atoms with Crippen LogP contribution in [-0.2, 0) is 6.54 Å². The predicted octanol–water partition coefficient (Wildman–Crippen LogP) is 0.750. The Balaban J connectivity index is 2.48. The summed E-state index contributed by atoms with van der Waals surface area (Å²) in [5.41, 5.74) is 8.83. The van der Waals surface area contributed by atoms with Crippen LogP contribution in [0.5, 0.6) is 5.75 Å². The molecular formula is C11H11N5O. The van der Waals surface area contributed by atoms with Crippen molar-refractivity contribution in [1.82, 2.24) is 19.8 Å². The summed E-state index contributed by atoms with van der Waals surface area (Å²) >= 11 is 0. The number of aromatic hydroxyl groups is 1. The van der Waals surface area contributed by atoms with Crippen LogP contribution < -0.4 is 5.73 Å². The van der Waals surface area contributed by atoms with Crippen LogP contribution in [-0.4, -0.2) is 24.9 Å². The third-order valence-electron chi connectivity index (χ3n) is 2.73. The summed E-state index contributed by atoms with van der Waals surface area (Å²) < 4.78 is 1.66. The van der Waals surface area contributed by atoms with Crippen LogP contribution in [0.15, 0.2) is 18.2 Å². The van der Waals surface area contributed by atoms with E-state index < -0.39 is 0 Å². The molecule has 0 atom stereocenters. The van der Waals surface area contributed by atoms with Crippen LogP contribution in [0, 0.1) is 6.92 Å². The molecule has 3 N–H and O–H groups in total. The summed E-state index contributed by atoms with van der Waals surface area (Å²) in [5, 5.41) is 22.3. The van der Waals surface area contributed by atoms with Gasteiger partial charge in [0.2, 0.25) is 0 Å². The molecule has 0 aliphatic rings. The SMILES string of the molecule is Cc1cc2nnc3c(O)c(CN)ccc3n2n1. The fourth-order valence-corrected chi connectivity index (χ4v) is 1.88. The molecule has 1 aromatic carbocycles. The third-order valence-corrected chi connectivity index (χ3v) is 2.73. The standard InChI is InChI=1S/C11H11N5O/c1-6-4-9-13-14-10-8(16(9)15-6)3-2-7(5-12)11(10)17/h2-4,17H,5,12H2,1H3. The van der Waals surface area contributed by atoms with Gasteiger partial charge in [0, 0.05) is 18.2 Å². The maximum atomic E-state index is 9.99. The molecule has 0 saturated carbocycles. The average Bonchev–Trinajstić information content (AvgIpc) is 2.70. The van der Waals surface area contributed by atoms with Crippen molar-refractivity contribution in [3.05, 3.63) is 29.5 Å². The molecule has 0 spiro atoms. The number of hydrogen-bond donors (Lipinski definition) is 2. The Bertz CT molecular complexity index is 719. The molecule has 2 heterocycles. The maximum absolute atomic E-state index is 9.99. The molecule has 6 nitrogen and oxygen atoms in total. The zero-order valence-electron chi connectivity index (χ0n) is 9.25. The number of phenolic OH excluding ortho intramolecular Hbond substituents is 1. The van der Waals surface area contributed by atoms with Crippen LogP contribution >= 0.6 is 0 Å². The molecule has 86 valence electrons. The quantitative estimate of drug-likeness (QED) is 0.642. The van der Waals surface area contributed by atoms with Gasteiger partial charge in [0.1, 0.15) is 5.75 Å². The predicted molar refractivity (Wildman–Crippen MR) is 62.6 cm³/mol. The Morgan fingerprint density at radius 3 is 2.94 bits per heavy atom. The van der Waals surface area contributed by atoms with Crippen molar-refractivity contribution in [1.29, 1.82) is 0 Å². The van der Waals surface area contributed by atoms with E-state index in [9.17, 15) is 5.11 Å². The molecule has 3 aromatic rings. The van der Waals surface area contributed by atoms with Crippen LogP contribution in [0.2, 0.25) is 0 Å². The fourth-order valence-electron chi connectivity index (χ4n) is 1.88. The minimum atomic E-state index is 0.0764. The molecular weight excluding hydrogens is 218 g/mol. The van der Waals surface area contributed by atoms with E-state index >= 15 is 0 Å². The second-order valence-corrected chi connectivity index (χ2v) is 3.90. The zero-order chi connectivity index (χ0) is 12.0. The molecule has 0 aliphatic carbocycles. The Kier molecular flexibility index (Phi) is 1.99. The Morgan fingerprint density at radius 1 is 1.35 bits per heavy atom. The summed E-state index contributed by atoms with van der Waals surface area (Å²) in [4.78, 5) is 0. The highest BCUT2D eigenvalue weighted by Crippen LogP contribution is 2.26. The van der Waals surface area contributed by atoms with E-state index in [4.69, 9.17) is 5.73 Å². The van der Waals surface area contributed by atoms with E-state index in [1.165, 1.54) is 0 Å². The lowest BCUT2D eigenvalue weighted by molar-refractivity contribution is 0.473. The number of aryl methyl sites for hydroxylation is 1. The highest BCUT2D eigenvalue weighted by Gasteiger charge is 2.11. The number of hydrogen-bond acceptors (Lipinski definition) is 5. The van der Waals surface area contributed by atoms with E-state index in [1.807, 2.05) is 19.1 Å². The number of nitrogens with zero attached hydrogens (tertiary/aromatic N) is 4. The summed E-state index contributed by atoms with van der Waals surface area (Å²) in [6.07, 6.45) is 0. The van der Waals surface area contributed by atoms with Crippen LogP contribution in [0.3, 0.4) is 0 Å². The summed E-state index contributed by atoms with van der Waals surface area (Å²) in [7, 11) is 0. The van der Waals surface area contributed by atoms with Gasteiger partial charge in [-0.05, 0) is 13.0 Å². The van der Waals surface area contributed by atoms with Crippen molar-refractivity contribution in [2.75, 3.05) is 0 Å². The number of benzene rings is 1. The Labute approximate surface area is 96.7 Å². The van der Waals surface area contributed by atoms with Gasteiger partial charge in [0.15, 0.2) is 11.2 Å². The van der Waals surface area contributed by atoms with Gasteiger partial charge in [-0.2, -0.15) is 5.10 Å². The molecule has 0 aliphatic heterocycles. The van der Waals surface area contributed by atoms with Gasteiger partial charge in [-0.3, -0.25) is 0 Å². The molecule has 17 heavy (non-hydrogen) atoms. The van der Waals surface area contributed by atoms with Crippen LogP contribution in [0.25, 0.3) is 16.7 Å². The van der Waals surface area contributed by atoms with Crippen molar-refractivity contribution in [2.24, 2.45) is 5.73 Å². The zero-order valence-corrected chi connectivity index (χ0v) is 9.25. The van der Waals surface area contributed by atoms with Gasteiger partial charge < -0.3 is 10.8 Å². The molecule has 6 heteroatoms. The first kappa shape index (κ1) is 9.98. The van der Waals surface area contributed by atoms with E-state index in [1.54, 1.807) is 10.6 Å². The van der Waals surface area contributed by atoms with Gasteiger partial charge in [-0.25, -0.2) is 4.52 Å². The topological polar surface area (TPSA) is 89.3 Å². The second-order valence-electron chi connectivity index (χ2n) is 3.90. The molecule has 0 unspecified atom stereocenters. The van der Waals surface area contributed by atoms with Gasteiger partial charge >= 0.3 is 0 Å². The first-order valence-electron chi connectivity index (χ1n) is 5.24. The number of phenols is 1. The van der Waals surface area contributed by atoms with Crippen molar-refractivity contribution in [3.63, 3.8) is 0 Å². The summed E-state index contributed by atoms with van der Waals surface area (Å²) in [6, 6.07) is 5.45. The minimum absolute atomic E-state index is 0.0764. The van der Waals surface area contributed by atoms with Gasteiger partial charge in [0.05, 0.1) is 11.2 Å². The smallest absolute Gasteiger partial charge is 0.178 e. The lowest BCUT2D eigenvalue weighted by atomic mass is 10.1. The monoisotopic (exact) mass is 229 g/mol. The highest BCUT2D eigenvalue weighted by molar-refractivity contribution is 5.83. The first-order valence-corrected chi connectivity index (χ1v) is 5.24. The van der Waals surface area contributed by atoms with E-state index in [0.29, 0.717) is 16.7 Å². The van der Waals surface area contributed by atoms with Gasteiger partial charge in [0.25, 0.3) is 0 Å². The fraction of sp³-hybridized carbons (Fsp3) is 0.182. The molecule has 0 radical (unpaired) electrons. The van der Waals surface area contributed by atoms with Gasteiger partial charge in [-0.1, -0.05) is 6.07 Å². The number of aromatic nitrogens is 4. The summed E-state index contributed by atoms with van der Waals surface area (Å²) in [6.45, 7) is 2.15. The average molecular weight is 229 g/mol. The molecule has 0 bridgehead atoms. The van der Waals surface area contributed by atoms with Crippen LogP contribution in [0.1, 0.15) is 11.3 Å². The molecule has 2 aromatic heterocycles. The van der Waals surface area contributed by atoms with Crippen LogP contribution in [0.4, 0.5) is 0 Å². The molecule has 0 amide bonds.